The molecule has 5 aromatic rings. The summed E-state index contributed by atoms with van der Waals surface area (Å²) in [5, 5.41) is 0. The highest BCUT2D eigenvalue weighted by atomic mass is 16.5. The van der Waals surface area contributed by atoms with Gasteiger partial charge >= 0.3 is 0 Å². The van der Waals surface area contributed by atoms with Crippen LogP contribution in [-0.2, 0) is 23.1 Å². The van der Waals surface area contributed by atoms with Crippen LogP contribution in [0.5, 0.6) is 0 Å². The van der Waals surface area contributed by atoms with Gasteiger partial charge in [-0.3, -0.25) is 0 Å². The zero-order valence-corrected chi connectivity index (χ0v) is 22.2. The van der Waals surface area contributed by atoms with Crippen LogP contribution in [0, 0.1) is 5.92 Å². The van der Waals surface area contributed by atoms with E-state index in [9.17, 15) is 0 Å². The lowest BCUT2D eigenvalue weighted by atomic mass is 9.76. The molecule has 0 aliphatic heterocycles. The van der Waals surface area contributed by atoms with Crippen LogP contribution >= 0.6 is 0 Å². The fraction of sp³-hybridized carbons (Fsp3) is 0.194. The number of ether oxygens (including phenoxy) is 1. The van der Waals surface area contributed by atoms with Crippen molar-refractivity contribution in [2.75, 3.05) is 13.2 Å². The van der Waals surface area contributed by atoms with Crippen LogP contribution in [-0.4, -0.2) is 22.8 Å². The number of fused-ring (bicyclic) bond motifs is 1. The topological polar surface area (TPSA) is 27.1 Å². The number of aromatic nitrogens is 2. The van der Waals surface area contributed by atoms with Gasteiger partial charge in [0.15, 0.2) is 0 Å². The predicted molar refractivity (Wildman–Crippen MR) is 159 cm³/mol. The van der Waals surface area contributed by atoms with Gasteiger partial charge in [-0.25, -0.2) is 4.98 Å². The van der Waals surface area contributed by atoms with Crippen molar-refractivity contribution in [1.82, 2.24) is 9.55 Å². The largest absolute Gasteiger partial charge is 0.377 e. The molecule has 0 saturated heterocycles. The van der Waals surface area contributed by atoms with E-state index in [4.69, 9.17) is 9.72 Å². The smallest absolute Gasteiger partial charge is 0.121 e. The molecular formula is C36H34N2O. The summed E-state index contributed by atoms with van der Waals surface area (Å²) >= 11 is 0. The van der Waals surface area contributed by atoms with Crippen LogP contribution in [0.25, 0.3) is 6.08 Å². The van der Waals surface area contributed by atoms with E-state index in [0.29, 0.717) is 12.5 Å². The van der Waals surface area contributed by atoms with E-state index in [2.05, 4.69) is 138 Å². The molecule has 1 atom stereocenters. The Bertz CT molecular complexity index is 1390. The molecule has 0 radical (unpaired) electrons. The number of nitrogens with zero attached hydrogens (tertiary/aromatic N) is 2. The normalized spacial score (nSPS) is 15.3. The van der Waals surface area contributed by atoms with Crippen molar-refractivity contribution in [3.8, 4) is 0 Å². The van der Waals surface area contributed by atoms with Crippen LogP contribution in [0.3, 0.4) is 0 Å². The monoisotopic (exact) mass is 510 g/mol. The van der Waals surface area contributed by atoms with E-state index in [-0.39, 0.29) is 0 Å². The molecule has 1 aromatic heterocycles. The molecule has 1 heterocycles. The van der Waals surface area contributed by atoms with Crippen molar-refractivity contribution in [3.63, 3.8) is 0 Å². The Kier molecular flexibility index (Phi) is 7.51. The van der Waals surface area contributed by atoms with Crippen molar-refractivity contribution >= 4 is 6.08 Å². The minimum atomic E-state index is -0.504. The maximum atomic E-state index is 6.07. The van der Waals surface area contributed by atoms with Crippen molar-refractivity contribution < 1.29 is 4.74 Å². The second-order valence-corrected chi connectivity index (χ2v) is 10.3. The molecule has 3 nitrogen and oxygen atoms in total. The standard InChI is InChI=1S/C36H34N2O/c1-5-14-29(15-6-1)16-13-25-39-27-30-23-24-35-34(26-30)37-28-38(35)36(31-17-7-2-8-18-31,32-19-9-3-10-20-32)33-21-11-4-12-22-33/h1-22,28,30H,23-27H2/b16-13+. The van der Waals surface area contributed by atoms with Crippen molar-refractivity contribution in [2.45, 2.75) is 24.8 Å². The molecule has 39 heavy (non-hydrogen) atoms. The van der Waals surface area contributed by atoms with Crippen LogP contribution in [0.1, 0.15) is 40.1 Å². The molecule has 0 fully saturated rings. The van der Waals surface area contributed by atoms with Gasteiger partial charge in [0.05, 0.1) is 25.2 Å². The number of hydrogen-bond donors (Lipinski definition) is 0. The van der Waals surface area contributed by atoms with Gasteiger partial charge in [-0.15, -0.1) is 0 Å². The van der Waals surface area contributed by atoms with Crippen LogP contribution in [0.15, 0.2) is 134 Å². The SMILES string of the molecule is C(=C\c1ccccc1)/COCC1CCc2c(ncn2C(c2ccccc2)(c2ccccc2)c2ccccc2)C1. The second kappa shape index (κ2) is 11.7. The number of hydrogen-bond acceptors (Lipinski definition) is 2. The highest BCUT2D eigenvalue weighted by Gasteiger charge is 2.41. The van der Waals surface area contributed by atoms with E-state index < -0.39 is 5.54 Å². The lowest BCUT2D eigenvalue weighted by Gasteiger charge is -2.39. The first-order valence-electron chi connectivity index (χ1n) is 13.9. The van der Waals surface area contributed by atoms with Gasteiger partial charge in [0.25, 0.3) is 0 Å². The van der Waals surface area contributed by atoms with Crippen LogP contribution < -0.4 is 0 Å². The predicted octanol–water partition coefficient (Wildman–Crippen LogP) is 7.56. The Hall–Kier alpha value is -4.21. The minimum Gasteiger partial charge on any atom is -0.377 e. The zero-order valence-electron chi connectivity index (χ0n) is 22.2. The van der Waals surface area contributed by atoms with E-state index in [0.717, 1.165) is 25.9 Å². The number of rotatable bonds is 9. The Morgan fingerprint density at radius 1 is 0.744 bits per heavy atom. The lowest BCUT2D eigenvalue weighted by Crippen LogP contribution is -2.39. The van der Waals surface area contributed by atoms with Gasteiger partial charge in [0, 0.05) is 5.69 Å². The van der Waals surface area contributed by atoms with Gasteiger partial charge in [-0.1, -0.05) is 133 Å². The van der Waals surface area contributed by atoms with Gasteiger partial charge in [0.1, 0.15) is 5.54 Å². The molecule has 4 aromatic carbocycles. The van der Waals surface area contributed by atoms with Gasteiger partial charge < -0.3 is 9.30 Å². The third kappa shape index (κ3) is 5.10. The minimum absolute atomic E-state index is 0.477. The third-order valence-electron chi connectivity index (χ3n) is 7.84. The molecular weight excluding hydrogens is 476 g/mol. The summed E-state index contributed by atoms with van der Waals surface area (Å²) in [6.07, 6.45) is 9.32. The zero-order chi connectivity index (χ0) is 26.3. The Morgan fingerprint density at radius 2 is 1.28 bits per heavy atom. The summed E-state index contributed by atoms with van der Waals surface area (Å²) in [5.74, 6) is 0.477. The fourth-order valence-electron chi connectivity index (χ4n) is 6.00. The summed E-state index contributed by atoms with van der Waals surface area (Å²) in [6.45, 7) is 1.39. The van der Waals surface area contributed by atoms with Crippen LogP contribution in [0.2, 0.25) is 0 Å². The average Bonchev–Trinajstić information content (AvgIpc) is 3.43. The van der Waals surface area contributed by atoms with Crippen molar-refractivity contribution in [1.29, 1.82) is 0 Å². The molecule has 0 saturated carbocycles. The van der Waals surface area contributed by atoms with Crippen molar-refractivity contribution in [2.24, 2.45) is 5.92 Å². The first kappa shape index (κ1) is 25.1. The number of benzene rings is 4. The highest BCUT2D eigenvalue weighted by molar-refractivity contribution is 5.52. The van der Waals surface area contributed by atoms with E-state index in [1.807, 2.05) is 6.07 Å². The van der Waals surface area contributed by atoms with E-state index >= 15 is 0 Å². The summed E-state index contributed by atoms with van der Waals surface area (Å²) < 4.78 is 8.52. The quantitative estimate of drug-likeness (QED) is 0.151. The molecule has 0 amide bonds. The third-order valence-corrected chi connectivity index (χ3v) is 7.84. The maximum absolute atomic E-state index is 6.07. The van der Waals surface area contributed by atoms with Gasteiger partial charge in [-0.05, 0) is 47.4 Å². The van der Waals surface area contributed by atoms with Crippen LogP contribution in [0.4, 0.5) is 0 Å². The molecule has 0 bridgehead atoms. The summed E-state index contributed by atoms with van der Waals surface area (Å²) in [4.78, 5) is 5.03. The molecule has 6 rings (SSSR count). The molecule has 194 valence electrons. The molecule has 0 N–H and O–H groups in total. The van der Waals surface area contributed by atoms with Crippen molar-refractivity contribution in [3.05, 3.63) is 167 Å². The molecule has 1 unspecified atom stereocenters. The average molecular weight is 511 g/mol. The first-order valence-corrected chi connectivity index (χ1v) is 13.9. The molecule has 3 heteroatoms. The van der Waals surface area contributed by atoms with Gasteiger partial charge in [0.2, 0.25) is 0 Å². The summed E-state index contributed by atoms with van der Waals surface area (Å²) in [7, 11) is 0. The van der Waals surface area contributed by atoms with E-state index in [1.54, 1.807) is 0 Å². The highest BCUT2D eigenvalue weighted by Crippen LogP contribution is 2.43. The molecule has 0 spiro atoms. The number of imidazole rings is 1. The second-order valence-electron chi connectivity index (χ2n) is 10.3. The Labute approximate surface area is 231 Å². The maximum Gasteiger partial charge on any atom is 0.121 e. The summed E-state index contributed by atoms with van der Waals surface area (Å²) in [6, 6.07) is 42.9. The first-order chi connectivity index (χ1) is 19.4. The summed E-state index contributed by atoms with van der Waals surface area (Å²) in [5.41, 5.74) is 6.92. The Morgan fingerprint density at radius 3 is 1.85 bits per heavy atom. The molecule has 1 aliphatic rings. The molecule has 1 aliphatic carbocycles. The fourth-order valence-corrected chi connectivity index (χ4v) is 6.00. The Balaban J connectivity index is 1.30. The lowest BCUT2D eigenvalue weighted by molar-refractivity contribution is 0.116. The van der Waals surface area contributed by atoms with Gasteiger partial charge in [-0.2, -0.15) is 0 Å². The van der Waals surface area contributed by atoms with E-state index in [1.165, 1.54) is 33.6 Å².